The van der Waals surface area contributed by atoms with Gasteiger partial charge in [-0.1, -0.05) is 18.5 Å². The number of aryl methyl sites for hydroxylation is 1. The van der Waals surface area contributed by atoms with E-state index in [1.54, 1.807) is 19.1 Å². The maximum Gasteiger partial charge on any atom is 0.340 e. The SMILES string of the molecule is CCOC(=O)c1cc(Cl)cc2oc(CC)nc12. The van der Waals surface area contributed by atoms with Gasteiger partial charge in [-0.3, -0.25) is 0 Å². The van der Waals surface area contributed by atoms with E-state index in [0.29, 0.717) is 40.6 Å². The average molecular weight is 254 g/mol. The monoisotopic (exact) mass is 253 g/mol. The number of nitrogens with zero attached hydrogens (tertiary/aromatic N) is 1. The van der Waals surface area contributed by atoms with E-state index in [1.165, 1.54) is 0 Å². The largest absolute Gasteiger partial charge is 0.462 e. The van der Waals surface area contributed by atoms with Gasteiger partial charge in [0.2, 0.25) is 0 Å². The third kappa shape index (κ3) is 2.26. The lowest BCUT2D eigenvalue weighted by atomic mass is 10.2. The van der Waals surface area contributed by atoms with Gasteiger partial charge in [0.1, 0.15) is 5.52 Å². The molecule has 0 unspecified atom stereocenters. The van der Waals surface area contributed by atoms with Crippen LogP contribution in [0.5, 0.6) is 0 Å². The van der Waals surface area contributed by atoms with Crippen molar-refractivity contribution in [2.45, 2.75) is 20.3 Å². The standard InChI is InChI=1S/C12H12ClNO3/c1-3-10-14-11-8(12(15)16-4-2)5-7(13)6-9(11)17-10/h5-6H,3-4H2,1-2H3. The first-order valence-electron chi connectivity index (χ1n) is 5.41. The number of hydrogen-bond donors (Lipinski definition) is 0. The molecule has 0 saturated heterocycles. The Morgan fingerprint density at radius 1 is 1.47 bits per heavy atom. The molecular weight excluding hydrogens is 242 g/mol. The van der Waals surface area contributed by atoms with Gasteiger partial charge in [-0.05, 0) is 13.0 Å². The van der Waals surface area contributed by atoms with Crippen LogP contribution in [-0.4, -0.2) is 17.6 Å². The lowest BCUT2D eigenvalue weighted by molar-refractivity contribution is 0.0528. The highest BCUT2D eigenvalue weighted by Gasteiger charge is 2.17. The molecule has 5 heteroatoms. The molecule has 17 heavy (non-hydrogen) atoms. The molecule has 0 aliphatic rings. The van der Waals surface area contributed by atoms with Crippen LogP contribution in [0.3, 0.4) is 0 Å². The highest BCUT2D eigenvalue weighted by molar-refractivity contribution is 6.31. The van der Waals surface area contributed by atoms with E-state index in [0.717, 1.165) is 0 Å². The molecule has 0 N–H and O–H groups in total. The van der Waals surface area contributed by atoms with Gasteiger partial charge in [-0.25, -0.2) is 9.78 Å². The minimum atomic E-state index is -0.434. The van der Waals surface area contributed by atoms with Crippen molar-refractivity contribution in [1.29, 1.82) is 0 Å². The van der Waals surface area contributed by atoms with Crippen LogP contribution < -0.4 is 0 Å². The smallest absolute Gasteiger partial charge is 0.340 e. The van der Waals surface area contributed by atoms with Crippen LogP contribution in [-0.2, 0) is 11.2 Å². The minimum absolute atomic E-state index is 0.311. The number of carbonyl (C=O) groups is 1. The van der Waals surface area contributed by atoms with Gasteiger partial charge in [-0.15, -0.1) is 0 Å². The summed E-state index contributed by atoms with van der Waals surface area (Å²) < 4.78 is 10.4. The predicted molar refractivity (Wildman–Crippen MR) is 64.4 cm³/mol. The second kappa shape index (κ2) is 4.75. The van der Waals surface area contributed by atoms with Crippen LogP contribution in [0.15, 0.2) is 16.5 Å². The molecular formula is C12H12ClNO3. The molecule has 0 saturated carbocycles. The Hall–Kier alpha value is -1.55. The summed E-state index contributed by atoms with van der Waals surface area (Å²) >= 11 is 5.92. The number of rotatable bonds is 3. The van der Waals surface area contributed by atoms with Gasteiger partial charge in [0.25, 0.3) is 0 Å². The van der Waals surface area contributed by atoms with Gasteiger partial charge in [0, 0.05) is 17.5 Å². The fourth-order valence-electron chi connectivity index (χ4n) is 1.56. The third-order valence-corrected chi connectivity index (χ3v) is 2.52. The molecule has 90 valence electrons. The molecule has 0 radical (unpaired) electrons. The van der Waals surface area contributed by atoms with Gasteiger partial charge in [0.05, 0.1) is 12.2 Å². The maximum atomic E-state index is 11.7. The minimum Gasteiger partial charge on any atom is -0.462 e. The van der Waals surface area contributed by atoms with Crippen LogP contribution in [0.25, 0.3) is 11.1 Å². The number of oxazole rings is 1. The van der Waals surface area contributed by atoms with Gasteiger partial charge < -0.3 is 9.15 Å². The van der Waals surface area contributed by atoms with Crippen LogP contribution >= 0.6 is 11.6 Å². The van der Waals surface area contributed by atoms with Crippen LogP contribution in [0, 0.1) is 0 Å². The van der Waals surface area contributed by atoms with Crippen LogP contribution in [0.2, 0.25) is 5.02 Å². The lowest BCUT2D eigenvalue weighted by Gasteiger charge is -2.02. The summed E-state index contributed by atoms with van der Waals surface area (Å²) in [6.45, 7) is 3.99. The van der Waals surface area contributed by atoms with E-state index in [-0.39, 0.29) is 0 Å². The Bertz CT molecular complexity index is 562. The molecule has 1 heterocycles. The summed E-state index contributed by atoms with van der Waals surface area (Å²) in [4.78, 5) is 16.0. The molecule has 0 amide bonds. The summed E-state index contributed by atoms with van der Waals surface area (Å²) in [5, 5.41) is 0.430. The second-order valence-corrected chi connectivity index (χ2v) is 3.92. The van der Waals surface area contributed by atoms with Crippen molar-refractivity contribution >= 4 is 28.7 Å². The van der Waals surface area contributed by atoms with Gasteiger partial charge in [-0.2, -0.15) is 0 Å². The Kier molecular flexibility index (Phi) is 3.33. The molecule has 0 spiro atoms. The van der Waals surface area contributed by atoms with Gasteiger partial charge >= 0.3 is 5.97 Å². The van der Waals surface area contributed by atoms with Crippen molar-refractivity contribution in [3.8, 4) is 0 Å². The molecule has 0 aliphatic carbocycles. The Morgan fingerprint density at radius 3 is 2.88 bits per heavy atom. The zero-order valence-corrected chi connectivity index (χ0v) is 10.4. The number of halogens is 1. The third-order valence-electron chi connectivity index (χ3n) is 2.30. The van der Waals surface area contributed by atoms with E-state index in [4.69, 9.17) is 20.8 Å². The van der Waals surface area contributed by atoms with Crippen LogP contribution in [0.1, 0.15) is 30.1 Å². The van der Waals surface area contributed by atoms with E-state index in [2.05, 4.69) is 4.98 Å². The zero-order chi connectivity index (χ0) is 12.4. The number of ether oxygens (including phenoxy) is 1. The molecule has 4 nitrogen and oxygen atoms in total. The fraction of sp³-hybridized carbons (Fsp3) is 0.333. The molecule has 2 aromatic rings. The summed E-state index contributed by atoms with van der Waals surface area (Å²) in [5.41, 5.74) is 1.36. The van der Waals surface area contributed by atoms with Crippen LogP contribution in [0.4, 0.5) is 0 Å². The quantitative estimate of drug-likeness (QED) is 0.788. The van der Waals surface area contributed by atoms with Crippen molar-refractivity contribution in [1.82, 2.24) is 4.98 Å². The highest BCUT2D eigenvalue weighted by atomic mass is 35.5. The summed E-state index contributed by atoms with van der Waals surface area (Å²) in [5.74, 6) is 0.142. The maximum absolute atomic E-state index is 11.7. The van der Waals surface area contributed by atoms with E-state index >= 15 is 0 Å². The van der Waals surface area contributed by atoms with Crippen molar-refractivity contribution in [2.75, 3.05) is 6.61 Å². The number of carbonyl (C=O) groups excluding carboxylic acids is 1. The highest BCUT2D eigenvalue weighted by Crippen LogP contribution is 2.25. The molecule has 2 rings (SSSR count). The van der Waals surface area contributed by atoms with Crippen molar-refractivity contribution in [3.63, 3.8) is 0 Å². The molecule has 0 atom stereocenters. The van der Waals surface area contributed by atoms with E-state index in [1.807, 2.05) is 6.92 Å². The Labute approximate surface area is 104 Å². The van der Waals surface area contributed by atoms with Crippen molar-refractivity contribution in [2.24, 2.45) is 0 Å². The van der Waals surface area contributed by atoms with Crippen molar-refractivity contribution in [3.05, 3.63) is 28.6 Å². The van der Waals surface area contributed by atoms with Gasteiger partial charge in [0.15, 0.2) is 11.5 Å². The summed E-state index contributed by atoms with van der Waals surface area (Å²) in [6, 6.07) is 3.19. The Morgan fingerprint density at radius 2 is 2.24 bits per heavy atom. The lowest BCUT2D eigenvalue weighted by Crippen LogP contribution is -2.05. The molecule has 0 fully saturated rings. The van der Waals surface area contributed by atoms with Crippen molar-refractivity contribution < 1.29 is 13.9 Å². The number of benzene rings is 1. The number of aromatic nitrogens is 1. The van der Waals surface area contributed by atoms with E-state index < -0.39 is 5.97 Å². The fourth-order valence-corrected chi connectivity index (χ4v) is 1.77. The first-order valence-corrected chi connectivity index (χ1v) is 5.79. The number of hydrogen-bond acceptors (Lipinski definition) is 4. The number of esters is 1. The Balaban J connectivity index is 2.60. The summed E-state index contributed by atoms with van der Waals surface area (Å²) in [7, 11) is 0. The molecule has 0 bridgehead atoms. The average Bonchev–Trinajstić information content (AvgIpc) is 2.70. The normalized spacial score (nSPS) is 10.8. The second-order valence-electron chi connectivity index (χ2n) is 3.48. The molecule has 0 aliphatic heterocycles. The van der Waals surface area contributed by atoms with E-state index in [9.17, 15) is 4.79 Å². The summed E-state index contributed by atoms with van der Waals surface area (Å²) in [6.07, 6.45) is 0.661. The zero-order valence-electron chi connectivity index (χ0n) is 9.62. The topological polar surface area (TPSA) is 52.3 Å². The predicted octanol–water partition coefficient (Wildman–Crippen LogP) is 3.22. The first-order chi connectivity index (χ1) is 8.15. The number of fused-ring (bicyclic) bond motifs is 1. The molecule has 1 aromatic carbocycles. The first kappa shape index (κ1) is 11.9. The molecule has 1 aromatic heterocycles.